The predicted molar refractivity (Wildman–Crippen MR) is 130 cm³/mol. The van der Waals surface area contributed by atoms with E-state index in [1.807, 2.05) is 4.90 Å². The molecule has 9 heteroatoms. The summed E-state index contributed by atoms with van der Waals surface area (Å²) >= 11 is 0. The van der Waals surface area contributed by atoms with Crippen LogP contribution in [0.2, 0.25) is 0 Å². The van der Waals surface area contributed by atoms with Gasteiger partial charge in [0.05, 0.1) is 19.8 Å². The number of hydrogen-bond donors (Lipinski definition) is 0. The zero-order chi connectivity index (χ0) is 25.9. The second-order valence-electron chi connectivity index (χ2n) is 13.7. The molecule has 0 aromatic rings. The molecular weight excluding hydrogens is 490 g/mol. The summed E-state index contributed by atoms with van der Waals surface area (Å²) < 4.78 is 29.6. The largest absolute Gasteiger partial charge is 0.458 e. The molecule has 0 N–H and O–H groups in total. The lowest BCUT2D eigenvalue weighted by Gasteiger charge is -2.48. The fourth-order valence-electron chi connectivity index (χ4n) is 10.6. The van der Waals surface area contributed by atoms with Crippen LogP contribution in [0, 0.1) is 53.3 Å². The summed E-state index contributed by atoms with van der Waals surface area (Å²) in [6.45, 7) is 7.01. The van der Waals surface area contributed by atoms with Crippen molar-refractivity contribution in [2.75, 3.05) is 32.8 Å². The third kappa shape index (κ3) is 3.18. The first-order valence-corrected chi connectivity index (χ1v) is 14.9. The summed E-state index contributed by atoms with van der Waals surface area (Å²) in [6.07, 6.45) is 3.46. The Kier molecular flexibility index (Phi) is 5.33. The highest BCUT2D eigenvalue weighted by Gasteiger charge is 2.74. The summed E-state index contributed by atoms with van der Waals surface area (Å²) in [5.41, 5.74) is -0.486. The first-order valence-electron chi connectivity index (χ1n) is 14.9. The minimum absolute atomic E-state index is 0.140. The second-order valence-corrected chi connectivity index (χ2v) is 13.7. The number of ether oxygens (including phenoxy) is 5. The number of nitrogens with zero attached hydrogens (tertiary/aromatic N) is 1. The van der Waals surface area contributed by atoms with Gasteiger partial charge in [-0.25, -0.2) is 0 Å². The quantitative estimate of drug-likeness (QED) is 0.290. The van der Waals surface area contributed by atoms with Crippen molar-refractivity contribution < 1.29 is 38.1 Å². The van der Waals surface area contributed by atoms with Gasteiger partial charge >= 0.3 is 17.9 Å². The van der Waals surface area contributed by atoms with Gasteiger partial charge < -0.3 is 23.7 Å². The van der Waals surface area contributed by atoms with E-state index in [0.29, 0.717) is 44.1 Å². The number of carbonyl (C=O) groups excluding carboxylic acids is 3. The lowest BCUT2D eigenvalue weighted by Crippen LogP contribution is -2.54. The first kappa shape index (κ1) is 24.1. The lowest BCUT2D eigenvalue weighted by atomic mass is 9.63. The predicted octanol–water partition coefficient (Wildman–Crippen LogP) is 1.81. The Morgan fingerprint density at radius 1 is 1.03 bits per heavy atom. The van der Waals surface area contributed by atoms with Crippen molar-refractivity contribution >= 4 is 17.9 Å². The van der Waals surface area contributed by atoms with Crippen molar-refractivity contribution in [2.45, 2.75) is 76.0 Å². The zero-order valence-electron chi connectivity index (χ0n) is 22.3. The maximum Gasteiger partial charge on any atom is 0.320 e. The molecule has 4 saturated heterocycles. The minimum atomic E-state index is -0.794. The fraction of sp³-hybridized carbons (Fsp3) is 0.897. The van der Waals surface area contributed by atoms with Gasteiger partial charge in [0.1, 0.15) is 29.6 Å². The van der Waals surface area contributed by atoms with Crippen molar-refractivity contribution in [3.8, 4) is 0 Å². The Morgan fingerprint density at radius 3 is 2.55 bits per heavy atom. The summed E-state index contributed by atoms with van der Waals surface area (Å²) in [6, 6.07) is 0. The smallest absolute Gasteiger partial charge is 0.320 e. The Labute approximate surface area is 223 Å². The van der Waals surface area contributed by atoms with Gasteiger partial charge in [0.25, 0.3) is 0 Å². The van der Waals surface area contributed by atoms with E-state index < -0.39 is 53.8 Å². The highest BCUT2D eigenvalue weighted by Crippen LogP contribution is 2.71. The van der Waals surface area contributed by atoms with Crippen LogP contribution in [0.1, 0.15) is 46.0 Å². The molecular formula is C29H39NO8. The molecule has 0 amide bonds. The molecule has 8 fully saturated rings. The molecule has 8 aliphatic rings. The standard InChI is InChI=1S/C29H39NO8/c1-13(2)29(11-16-10-17(29)20-15-4-3-14(9-15)19(16)20)38-28(33)22-21-23-26(37-27(21)32)25(24(22)36-23)35-18(31)12-30-5-7-34-8-6-30/h13-17,19-26H,3-12H2,1-2H3. The van der Waals surface area contributed by atoms with Crippen molar-refractivity contribution in [3.63, 3.8) is 0 Å². The van der Waals surface area contributed by atoms with Crippen LogP contribution < -0.4 is 0 Å². The molecule has 4 aliphatic heterocycles. The van der Waals surface area contributed by atoms with Gasteiger partial charge in [0, 0.05) is 19.0 Å². The van der Waals surface area contributed by atoms with Crippen molar-refractivity contribution in [3.05, 3.63) is 0 Å². The van der Waals surface area contributed by atoms with E-state index in [4.69, 9.17) is 23.7 Å². The average molecular weight is 530 g/mol. The summed E-state index contributed by atoms with van der Waals surface area (Å²) in [5.74, 6) is 1.73. The third-order valence-corrected chi connectivity index (χ3v) is 12.0. The molecule has 8 rings (SSSR count). The molecule has 38 heavy (non-hydrogen) atoms. The minimum Gasteiger partial charge on any atom is -0.458 e. The zero-order valence-corrected chi connectivity index (χ0v) is 22.3. The second kappa shape index (κ2) is 8.40. The topological polar surface area (TPSA) is 101 Å². The Morgan fingerprint density at radius 2 is 1.79 bits per heavy atom. The van der Waals surface area contributed by atoms with E-state index in [1.165, 1.54) is 19.3 Å². The van der Waals surface area contributed by atoms with Crippen LogP contribution in [0.5, 0.6) is 0 Å². The number of morpholine rings is 1. The van der Waals surface area contributed by atoms with E-state index >= 15 is 0 Å². The van der Waals surface area contributed by atoms with Crippen LogP contribution >= 0.6 is 0 Å². The molecule has 0 aromatic carbocycles. The summed E-state index contributed by atoms with van der Waals surface area (Å²) in [7, 11) is 0. The first-order chi connectivity index (χ1) is 18.4. The molecule has 6 bridgehead atoms. The van der Waals surface area contributed by atoms with Crippen molar-refractivity contribution in [1.82, 2.24) is 4.90 Å². The molecule has 4 heterocycles. The van der Waals surface area contributed by atoms with Gasteiger partial charge in [-0.1, -0.05) is 13.8 Å². The molecule has 4 aliphatic carbocycles. The molecule has 0 aromatic heterocycles. The molecule has 13 atom stereocenters. The van der Waals surface area contributed by atoms with Crippen LogP contribution in [0.15, 0.2) is 0 Å². The highest BCUT2D eigenvalue weighted by atomic mass is 16.7. The average Bonchev–Trinajstić information content (AvgIpc) is 3.72. The van der Waals surface area contributed by atoms with Crippen LogP contribution in [-0.4, -0.2) is 85.7 Å². The van der Waals surface area contributed by atoms with E-state index in [1.54, 1.807) is 0 Å². The summed E-state index contributed by atoms with van der Waals surface area (Å²) in [5, 5.41) is 0. The van der Waals surface area contributed by atoms with Gasteiger partial charge in [-0.15, -0.1) is 0 Å². The van der Waals surface area contributed by atoms with E-state index in [0.717, 1.165) is 30.6 Å². The normalized spacial score (nSPS) is 51.6. The Balaban J connectivity index is 1.02. The third-order valence-electron chi connectivity index (χ3n) is 12.0. The molecule has 9 nitrogen and oxygen atoms in total. The Hall–Kier alpha value is -1.71. The van der Waals surface area contributed by atoms with Crippen molar-refractivity contribution in [1.29, 1.82) is 0 Å². The van der Waals surface area contributed by atoms with E-state index in [-0.39, 0.29) is 18.4 Å². The monoisotopic (exact) mass is 529 g/mol. The number of carbonyl (C=O) groups is 3. The van der Waals surface area contributed by atoms with Crippen LogP contribution in [-0.2, 0) is 38.1 Å². The fourth-order valence-corrected chi connectivity index (χ4v) is 10.6. The number of rotatable bonds is 6. The SMILES string of the molecule is CC(C)C1(OC(=O)C2C3OC4C(OC(=O)C42)C3OC(=O)CN2CCOCC2)CC2CC1C1C3CCC(C3)C21. The van der Waals surface area contributed by atoms with E-state index in [2.05, 4.69) is 13.8 Å². The maximum absolute atomic E-state index is 14.0. The Bertz CT molecular complexity index is 1040. The molecule has 4 saturated carbocycles. The van der Waals surface area contributed by atoms with E-state index in [9.17, 15) is 14.4 Å². The van der Waals surface area contributed by atoms with Gasteiger partial charge in [-0.3, -0.25) is 19.3 Å². The molecule has 0 spiro atoms. The van der Waals surface area contributed by atoms with Gasteiger partial charge in [0.15, 0.2) is 12.2 Å². The number of fused-ring (bicyclic) bond motifs is 10. The molecule has 208 valence electrons. The highest BCUT2D eigenvalue weighted by molar-refractivity contribution is 5.87. The molecule has 13 unspecified atom stereocenters. The van der Waals surface area contributed by atoms with Gasteiger partial charge in [0.2, 0.25) is 0 Å². The number of esters is 3. The van der Waals surface area contributed by atoms with Crippen LogP contribution in [0.3, 0.4) is 0 Å². The van der Waals surface area contributed by atoms with Gasteiger partial charge in [-0.2, -0.15) is 0 Å². The van der Waals surface area contributed by atoms with Crippen LogP contribution in [0.25, 0.3) is 0 Å². The number of hydrogen-bond acceptors (Lipinski definition) is 9. The maximum atomic E-state index is 14.0. The summed E-state index contributed by atoms with van der Waals surface area (Å²) in [4.78, 5) is 41.8. The van der Waals surface area contributed by atoms with Crippen LogP contribution in [0.4, 0.5) is 0 Å². The van der Waals surface area contributed by atoms with Crippen molar-refractivity contribution in [2.24, 2.45) is 53.3 Å². The molecule has 0 radical (unpaired) electrons. The van der Waals surface area contributed by atoms with Gasteiger partial charge in [-0.05, 0) is 67.6 Å². The lowest BCUT2D eigenvalue weighted by molar-refractivity contribution is -0.191.